The summed E-state index contributed by atoms with van der Waals surface area (Å²) in [6.07, 6.45) is 2.98. The van der Waals surface area contributed by atoms with E-state index in [0.29, 0.717) is 6.04 Å². The average Bonchev–Trinajstić information content (AvgIpc) is 2.39. The zero-order chi connectivity index (χ0) is 12.3. The van der Waals surface area contributed by atoms with Gasteiger partial charge in [-0.25, -0.2) is 10.8 Å². The summed E-state index contributed by atoms with van der Waals surface area (Å²) in [5.74, 6) is 6.10. The molecule has 1 aliphatic rings. The number of hydrogen-bond acceptors (Lipinski definition) is 5. The van der Waals surface area contributed by atoms with E-state index in [4.69, 9.17) is 5.84 Å². The maximum Gasteiger partial charge on any atom is 0.141 e. The van der Waals surface area contributed by atoms with Crippen molar-refractivity contribution in [2.24, 2.45) is 5.84 Å². The highest BCUT2D eigenvalue weighted by atomic mass is 15.3. The van der Waals surface area contributed by atoms with Crippen molar-refractivity contribution in [1.82, 2.24) is 9.88 Å². The van der Waals surface area contributed by atoms with Crippen LogP contribution in [0.2, 0.25) is 0 Å². The Morgan fingerprint density at radius 3 is 3.06 bits per heavy atom. The monoisotopic (exact) mass is 235 g/mol. The van der Waals surface area contributed by atoms with Gasteiger partial charge >= 0.3 is 0 Å². The molecule has 17 heavy (non-hydrogen) atoms. The summed E-state index contributed by atoms with van der Waals surface area (Å²) >= 11 is 0. The Bertz CT molecular complexity index is 368. The lowest BCUT2D eigenvalue weighted by atomic mass is 10.1. The standard InChI is InChI=1S/C12H21N5/c1-3-10-9-17(7-6-16(10)2)11-4-5-14-12(8-11)15-13/h4-5,8,10H,3,6-7,9,13H2,1-2H3,(H,14,15). The van der Waals surface area contributed by atoms with Gasteiger partial charge in [-0.15, -0.1) is 0 Å². The van der Waals surface area contributed by atoms with Crippen molar-refractivity contribution in [3.63, 3.8) is 0 Å². The Labute approximate surface area is 103 Å². The Morgan fingerprint density at radius 1 is 1.53 bits per heavy atom. The summed E-state index contributed by atoms with van der Waals surface area (Å²) in [5.41, 5.74) is 3.79. The third-order valence-electron chi connectivity index (χ3n) is 3.50. The van der Waals surface area contributed by atoms with E-state index < -0.39 is 0 Å². The molecule has 0 saturated carbocycles. The maximum atomic E-state index is 5.38. The summed E-state index contributed by atoms with van der Waals surface area (Å²) in [6.45, 7) is 5.47. The fraction of sp³-hybridized carbons (Fsp3) is 0.583. The molecule has 0 radical (unpaired) electrons. The van der Waals surface area contributed by atoms with Crippen LogP contribution in [0.25, 0.3) is 0 Å². The number of nitrogens with two attached hydrogens (primary N) is 1. The normalized spacial score (nSPS) is 21.6. The van der Waals surface area contributed by atoms with E-state index in [1.54, 1.807) is 6.20 Å². The number of anilines is 2. The Hall–Kier alpha value is -1.33. The molecule has 3 N–H and O–H groups in total. The third kappa shape index (κ3) is 2.68. The number of nitrogens with one attached hydrogen (secondary N) is 1. The van der Waals surface area contributed by atoms with Crippen molar-refractivity contribution < 1.29 is 0 Å². The van der Waals surface area contributed by atoms with E-state index in [1.807, 2.05) is 12.1 Å². The van der Waals surface area contributed by atoms with Crippen LogP contribution in [0.1, 0.15) is 13.3 Å². The highest BCUT2D eigenvalue weighted by Gasteiger charge is 2.22. The van der Waals surface area contributed by atoms with Crippen molar-refractivity contribution in [3.05, 3.63) is 18.3 Å². The second-order valence-corrected chi connectivity index (χ2v) is 4.53. The van der Waals surface area contributed by atoms with Crippen molar-refractivity contribution in [2.75, 3.05) is 37.0 Å². The molecular weight excluding hydrogens is 214 g/mol. The van der Waals surface area contributed by atoms with Crippen molar-refractivity contribution >= 4 is 11.5 Å². The van der Waals surface area contributed by atoms with Gasteiger partial charge in [0.1, 0.15) is 5.82 Å². The molecule has 0 bridgehead atoms. The predicted octanol–water partition coefficient (Wildman–Crippen LogP) is 0.898. The molecule has 5 heteroatoms. The van der Waals surface area contributed by atoms with Crippen LogP contribution in [0.4, 0.5) is 11.5 Å². The number of likely N-dealkylation sites (N-methyl/N-ethyl adjacent to an activating group) is 1. The topological polar surface area (TPSA) is 57.4 Å². The van der Waals surface area contributed by atoms with Crippen LogP contribution >= 0.6 is 0 Å². The van der Waals surface area contributed by atoms with Gasteiger partial charge in [-0.05, 0) is 19.5 Å². The lowest BCUT2D eigenvalue weighted by Gasteiger charge is -2.40. The third-order valence-corrected chi connectivity index (χ3v) is 3.50. The van der Waals surface area contributed by atoms with Crippen molar-refractivity contribution in [3.8, 4) is 0 Å². The number of aromatic nitrogens is 1. The molecule has 94 valence electrons. The molecule has 1 aromatic rings. The molecule has 0 amide bonds. The molecule has 1 aromatic heterocycles. The Balaban J connectivity index is 2.11. The second-order valence-electron chi connectivity index (χ2n) is 4.53. The van der Waals surface area contributed by atoms with Crippen LogP contribution in [-0.4, -0.2) is 42.6 Å². The van der Waals surface area contributed by atoms with Gasteiger partial charge in [-0.1, -0.05) is 6.92 Å². The van der Waals surface area contributed by atoms with E-state index in [1.165, 1.54) is 12.1 Å². The van der Waals surface area contributed by atoms with Gasteiger partial charge in [0.25, 0.3) is 0 Å². The number of pyridine rings is 1. The molecule has 1 unspecified atom stereocenters. The minimum atomic E-state index is 0.631. The van der Waals surface area contributed by atoms with Gasteiger partial charge in [-0.2, -0.15) is 0 Å². The van der Waals surface area contributed by atoms with Gasteiger partial charge in [0.05, 0.1) is 0 Å². The summed E-state index contributed by atoms with van der Waals surface area (Å²) in [4.78, 5) is 8.96. The first-order chi connectivity index (χ1) is 8.24. The minimum Gasteiger partial charge on any atom is -0.369 e. The minimum absolute atomic E-state index is 0.631. The zero-order valence-corrected chi connectivity index (χ0v) is 10.6. The number of nitrogen functional groups attached to an aromatic ring is 1. The number of hydrogen-bond donors (Lipinski definition) is 2. The molecule has 1 atom stereocenters. The summed E-state index contributed by atoms with van der Waals surface area (Å²) in [5, 5.41) is 0. The molecule has 0 aliphatic carbocycles. The van der Waals surface area contributed by atoms with Gasteiger partial charge in [0.15, 0.2) is 0 Å². The average molecular weight is 235 g/mol. The predicted molar refractivity (Wildman–Crippen MR) is 71.0 cm³/mol. The molecular formula is C12H21N5. The molecule has 1 fully saturated rings. The molecule has 2 rings (SSSR count). The zero-order valence-electron chi connectivity index (χ0n) is 10.6. The van der Waals surface area contributed by atoms with E-state index in [-0.39, 0.29) is 0 Å². The Kier molecular flexibility index (Phi) is 3.81. The highest BCUT2D eigenvalue weighted by molar-refractivity contribution is 5.53. The van der Waals surface area contributed by atoms with Crippen LogP contribution in [0.15, 0.2) is 18.3 Å². The fourth-order valence-electron chi connectivity index (χ4n) is 2.32. The fourth-order valence-corrected chi connectivity index (χ4v) is 2.32. The summed E-state index contributed by atoms with van der Waals surface area (Å²) in [7, 11) is 2.20. The second kappa shape index (κ2) is 5.33. The van der Waals surface area contributed by atoms with Gasteiger partial charge in [0, 0.05) is 43.6 Å². The highest BCUT2D eigenvalue weighted by Crippen LogP contribution is 2.21. The number of piperazine rings is 1. The van der Waals surface area contributed by atoms with Crippen LogP contribution in [0, 0.1) is 0 Å². The smallest absolute Gasteiger partial charge is 0.141 e. The van der Waals surface area contributed by atoms with E-state index >= 15 is 0 Å². The lowest BCUT2D eigenvalue weighted by Crippen LogP contribution is -2.51. The molecule has 1 saturated heterocycles. The largest absolute Gasteiger partial charge is 0.369 e. The van der Waals surface area contributed by atoms with Gasteiger partial charge in [-0.3, -0.25) is 4.90 Å². The quantitative estimate of drug-likeness (QED) is 0.602. The number of nitrogens with zero attached hydrogens (tertiary/aromatic N) is 3. The first kappa shape index (κ1) is 12.1. The number of rotatable bonds is 3. The molecule has 0 spiro atoms. The van der Waals surface area contributed by atoms with Gasteiger partial charge < -0.3 is 10.3 Å². The van der Waals surface area contributed by atoms with E-state index in [9.17, 15) is 0 Å². The summed E-state index contributed by atoms with van der Waals surface area (Å²) in [6, 6.07) is 4.67. The molecule has 5 nitrogen and oxygen atoms in total. The van der Waals surface area contributed by atoms with Crippen LogP contribution < -0.4 is 16.2 Å². The van der Waals surface area contributed by atoms with E-state index in [0.717, 1.165) is 25.5 Å². The molecule has 2 heterocycles. The molecule has 1 aliphatic heterocycles. The lowest BCUT2D eigenvalue weighted by molar-refractivity contribution is 0.213. The van der Waals surface area contributed by atoms with Crippen LogP contribution in [0.3, 0.4) is 0 Å². The first-order valence-corrected chi connectivity index (χ1v) is 6.12. The summed E-state index contributed by atoms with van der Waals surface area (Å²) < 4.78 is 0. The van der Waals surface area contributed by atoms with Crippen LogP contribution in [0.5, 0.6) is 0 Å². The first-order valence-electron chi connectivity index (χ1n) is 6.12. The Morgan fingerprint density at radius 2 is 2.35 bits per heavy atom. The van der Waals surface area contributed by atoms with Crippen LogP contribution in [-0.2, 0) is 0 Å². The van der Waals surface area contributed by atoms with Crippen molar-refractivity contribution in [2.45, 2.75) is 19.4 Å². The SMILES string of the molecule is CCC1CN(c2ccnc(NN)c2)CCN1C. The van der Waals surface area contributed by atoms with Crippen molar-refractivity contribution in [1.29, 1.82) is 0 Å². The van der Waals surface area contributed by atoms with Gasteiger partial charge in [0.2, 0.25) is 0 Å². The molecule has 0 aromatic carbocycles. The van der Waals surface area contributed by atoms with E-state index in [2.05, 4.69) is 34.2 Å². The maximum absolute atomic E-state index is 5.38. The number of hydrazine groups is 1.